The molecule has 0 amide bonds. The molecule has 0 unspecified atom stereocenters. The molecule has 9 heteroatoms. The normalized spacial score (nSPS) is 13.9. The maximum atomic E-state index is 10.2. The summed E-state index contributed by atoms with van der Waals surface area (Å²) in [4.78, 5) is 13.3. The van der Waals surface area contributed by atoms with E-state index in [4.69, 9.17) is 5.73 Å². The Hall–Kier alpha value is -3.90. The Labute approximate surface area is 187 Å². The fourth-order valence-corrected chi connectivity index (χ4v) is 3.65. The molecule has 9 nitrogen and oxygen atoms in total. The average molecular weight is 431 g/mol. The van der Waals surface area contributed by atoms with Crippen molar-refractivity contribution in [1.82, 2.24) is 25.5 Å². The van der Waals surface area contributed by atoms with Gasteiger partial charge in [0.1, 0.15) is 11.6 Å². The molecule has 1 saturated heterocycles. The molecular formula is C23H26N8O. The lowest BCUT2D eigenvalue weighted by atomic mass is 10.1. The molecule has 0 bridgehead atoms. The van der Waals surface area contributed by atoms with Gasteiger partial charge in [0.2, 0.25) is 5.82 Å². The van der Waals surface area contributed by atoms with Crippen molar-refractivity contribution >= 4 is 17.3 Å². The van der Waals surface area contributed by atoms with E-state index in [-0.39, 0.29) is 5.75 Å². The summed E-state index contributed by atoms with van der Waals surface area (Å²) in [6.45, 7) is 3.81. The average Bonchev–Trinajstić information content (AvgIpc) is 3.07. The van der Waals surface area contributed by atoms with Crippen LogP contribution >= 0.6 is 0 Å². The van der Waals surface area contributed by atoms with Gasteiger partial charge < -0.3 is 26.0 Å². The van der Waals surface area contributed by atoms with Gasteiger partial charge in [-0.1, -0.05) is 18.1 Å². The minimum absolute atomic E-state index is 0.164. The van der Waals surface area contributed by atoms with Gasteiger partial charge in [-0.3, -0.25) is 0 Å². The summed E-state index contributed by atoms with van der Waals surface area (Å²) in [5, 5.41) is 21.5. The van der Waals surface area contributed by atoms with Crippen molar-refractivity contribution in [2.45, 2.75) is 6.42 Å². The largest absolute Gasteiger partial charge is 0.507 e. The topological polar surface area (TPSA) is 116 Å². The maximum Gasteiger partial charge on any atom is 0.206 e. The number of phenolic OH excluding ortho intramolecular Hbond substituents is 1. The fraction of sp³-hybridized carbons (Fsp3) is 0.304. The smallest absolute Gasteiger partial charge is 0.206 e. The Kier molecular flexibility index (Phi) is 6.63. The molecular weight excluding hydrogens is 404 g/mol. The molecule has 2 aromatic heterocycles. The molecule has 1 aliphatic rings. The van der Waals surface area contributed by atoms with Crippen LogP contribution in [-0.4, -0.2) is 65.0 Å². The molecule has 0 spiro atoms. The number of nitrogen functional groups attached to an aromatic ring is 1. The molecule has 0 atom stereocenters. The number of nitrogens with zero attached hydrogens (tertiary/aromatic N) is 6. The Morgan fingerprint density at radius 2 is 1.91 bits per heavy atom. The van der Waals surface area contributed by atoms with Gasteiger partial charge in [0.15, 0.2) is 5.82 Å². The second-order valence-electron chi connectivity index (χ2n) is 7.42. The third kappa shape index (κ3) is 4.87. The van der Waals surface area contributed by atoms with Crippen LogP contribution in [0.2, 0.25) is 0 Å². The van der Waals surface area contributed by atoms with Gasteiger partial charge in [0, 0.05) is 37.9 Å². The van der Waals surface area contributed by atoms with Crippen LogP contribution in [0.5, 0.6) is 5.75 Å². The highest BCUT2D eigenvalue weighted by molar-refractivity contribution is 5.74. The van der Waals surface area contributed by atoms with Crippen LogP contribution in [0.1, 0.15) is 12.2 Å². The third-order valence-electron chi connectivity index (χ3n) is 5.25. The van der Waals surface area contributed by atoms with Crippen LogP contribution in [0.3, 0.4) is 0 Å². The number of benzene rings is 1. The molecule has 0 saturated carbocycles. The Morgan fingerprint density at radius 3 is 2.75 bits per heavy atom. The summed E-state index contributed by atoms with van der Waals surface area (Å²) in [6.07, 6.45) is 2.68. The van der Waals surface area contributed by atoms with E-state index in [1.54, 1.807) is 18.3 Å². The fourth-order valence-electron chi connectivity index (χ4n) is 3.65. The number of aromatic nitrogens is 4. The molecule has 3 heterocycles. The number of hydrogen-bond donors (Lipinski definition) is 3. The summed E-state index contributed by atoms with van der Waals surface area (Å²) in [5.74, 6) is 7.91. The van der Waals surface area contributed by atoms with E-state index in [1.807, 2.05) is 31.3 Å². The molecule has 1 aliphatic heterocycles. The predicted molar refractivity (Wildman–Crippen MR) is 125 cm³/mol. The van der Waals surface area contributed by atoms with E-state index in [9.17, 15) is 5.11 Å². The van der Waals surface area contributed by atoms with Crippen LogP contribution < -0.4 is 20.9 Å². The minimum atomic E-state index is 0.164. The molecule has 1 fully saturated rings. The third-order valence-corrected chi connectivity index (χ3v) is 5.25. The first-order valence-electron chi connectivity index (χ1n) is 10.5. The minimum Gasteiger partial charge on any atom is -0.507 e. The standard InChI is InChI=1S/C23H26N8O/c1-25-10-4-8-21-26-11-9-22(27-21)31-13-5-12-30(14-15-31)19-16-18(28-29-23(19)24)17-6-2-3-7-20(17)32/h2-3,6-7,9,11,16,25,32H,5,10,12-15H2,1H3,(H2,24,29). The number of anilines is 3. The van der Waals surface area contributed by atoms with Gasteiger partial charge in [-0.25, -0.2) is 9.97 Å². The second-order valence-corrected chi connectivity index (χ2v) is 7.42. The van der Waals surface area contributed by atoms with E-state index >= 15 is 0 Å². The first-order valence-corrected chi connectivity index (χ1v) is 10.5. The second kappa shape index (κ2) is 9.94. The van der Waals surface area contributed by atoms with E-state index in [0.29, 0.717) is 29.4 Å². The number of nitrogens with two attached hydrogens (primary N) is 1. The van der Waals surface area contributed by atoms with Gasteiger partial charge in [-0.2, -0.15) is 0 Å². The van der Waals surface area contributed by atoms with Gasteiger partial charge in [-0.15, -0.1) is 10.2 Å². The van der Waals surface area contributed by atoms with Crippen LogP contribution in [0.4, 0.5) is 17.3 Å². The van der Waals surface area contributed by atoms with Crippen molar-refractivity contribution in [2.75, 3.05) is 55.3 Å². The molecule has 0 aliphatic carbocycles. The summed E-state index contributed by atoms with van der Waals surface area (Å²) < 4.78 is 0. The quantitative estimate of drug-likeness (QED) is 0.530. The number of aromatic hydroxyl groups is 1. The van der Waals surface area contributed by atoms with Crippen molar-refractivity contribution in [2.24, 2.45) is 0 Å². The summed E-state index contributed by atoms with van der Waals surface area (Å²) in [5.41, 5.74) is 8.22. The van der Waals surface area contributed by atoms with Gasteiger partial charge in [0.05, 0.1) is 17.9 Å². The van der Waals surface area contributed by atoms with Crippen LogP contribution in [0.15, 0.2) is 42.6 Å². The lowest BCUT2D eigenvalue weighted by Crippen LogP contribution is -2.31. The van der Waals surface area contributed by atoms with E-state index < -0.39 is 0 Å². The van der Waals surface area contributed by atoms with Crippen LogP contribution in [0, 0.1) is 11.8 Å². The van der Waals surface area contributed by atoms with Gasteiger partial charge >= 0.3 is 0 Å². The highest BCUT2D eigenvalue weighted by Gasteiger charge is 2.20. The zero-order chi connectivity index (χ0) is 22.3. The molecule has 0 radical (unpaired) electrons. The maximum absolute atomic E-state index is 10.2. The molecule has 164 valence electrons. The molecule has 1 aromatic carbocycles. The van der Waals surface area contributed by atoms with E-state index in [1.165, 1.54) is 0 Å². The number of nitrogens with one attached hydrogen (secondary N) is 1. The van der Waals surface area contributed by atoms with Crippen molar-refractivity contribution in [3.63, 3.8) is 0 Å². The molecule has 32 heavy (non-hydrogen) atoms. The van der Waals surface area contributed by atoms with Gasteiger partial charge in [-0.05, 0) is 43.7 Å². The van der Waals surface area contributed by atoms with Crippen molar-refractivity contribution < 1.29 is 5.11 Å². The summed E-state index contributed by atoms with van der Waals surface area (Å²) >= 11 is 0. The number of rotatable bonds is 4. The SMILES string of the molecule is CNCC#Cc1nccc(N2CCCN(c3cc(-c4ccccc4O)nnc3N)CC2)n1. The van der Waals surface area contributed by atoms with Gasteiger partial charge in [0.25, 0.3) is 0 Å². The number of phenols is 1. The monoisotopic (exact) mass is 430 g/mol. The number of para-hydroxylation sites is 1. The highest BCUT2D eigenvalue weighted by Crippen LogP contribution is 2.31. The Bertz CT molecular complexity index is 1140. The zero-order valence-electron chi connectivity index (χ0n) is 18.0. The first-order chi connectivity index (χ1) is 15.7. The molecule has 3 aromatic rings. The van der Waals surface area contributed by atoms with E-state index in [0.717, 1.165) is 44.1 Å². The lowest BCUT2D eigenvalue weighted by molar-refractivity contribution is 0.477. The summed E-state index contributed by atoms with van der Waals surface area (Å²) in [6, 6.07) is 10.9. The highest BCUT2D eigenvalue weighted by atomic mass is 16.3. The lowest BCUT2D eigenvalue weighted by Gasteiger charge is -2.25. The van der Waals surface area contributed by atoms with Crippen LogP contribution in [0.25, 0.3) is 11.3 Å². The van der Waals surface area contributed by atoms with Crippen molar-refractivity contribution in [3.05, 3.63) is 48.4 Å². The Morgan fingerprint density at radius 1 is 1.09 bits per heavy atom. The Balaban J connectivity index is 1.52. The number of hydrogen-bond acceptors (Lipinski definition) is 9. The zero-order valence-corrected chi connectivity index (χ0v) is 18.0. The predicted octanol–water partition coefficient (Wildman–Crippen LogP) is 1.51. The van der Waals surface area contributed by atoms with E-state index in [2.05, 4.69) is 47.1 Å². The van der Waals surface area contributed by atoms with Crippen molar-refractivity contribution in [3.8, 4) is 28.8 Å². The molecule has 4 N–H and O–H groups in total. The summed E-state index contributed by atoms with van der Waals surface area (Å²) in [7, 11) is 1.85. The van der Waals surface area contributed by atoms with Crippen molar-refractivity contribution in [1.29, 1.82) is 0 Å². The molecule has 4 rings (SSSR count). The first kappa shape index (κ1) is 21.3. The van der Waals surface area contributed by atoms with Crippen LogP contribution in [-0.2, 0) is 0 Å².